The van der Waals surface area contributed by atoms with E-state index in [4.69, 9.17) is 0 Å². The molecule has 1 amide bonds. The highest BCUT2D eigenvalue weighted by Crippen LogP contribution is 2.30. The van der Waals surface area contributed by atoms with E-state index in [1.54, 1.807) is 10.8 Å². The summed E-state index contributed by atoms with van der Waals surface area (Å²) in [5, 5.41) is 7.39. The number of benzene rings is 1. The van der Waals surface area contributed by atoms with Gasteiger partial charge < -0.3 is 0 Å². The number of nitrogens with one attached hydrogen (secondary N) is 1. The van der Waals surface area contributed by atoms with Gasteiger partial charge >= 0.3 is 0 Å². The van der Waals surface area contributed by atoms with Crippen LogP contribution in [0.1, 0.15) is 36.8 Å². The van der Waals surface area contributed by atoms with Crippen molar-refractivity contribution in [1.29, 1.82) is 0 Å². The standard InChI is InChI=1S/C29H29N7O/c1-35(17-20-5-9-22(10-6-20)25-15-30-19-31-16-25)18-21-7-11-23(12-8-21)26-3-2-4-27-32-29(34-36(26)27)33-28(37)24-13-14-24/h2-5,7-9,11-12,15-16,19,24H,6,10,13-14,17-18H2,1H3,(H,33,34,37). The second-order valence-corrected chi connectivity index (χ2v) is 9.89. The molecular weight excluding hydrogens is 462 g/mol. The maximum Gasteiger partial charge on any atom is 0.249 e. The van der Waals surface area contributed by atoms with Crippen molar-refractivity contribution in [3.8, 4) is 11.3 Å². The van der Waals surface area contributed by atoms with Crippen molar-refractivity contribution < 1.29 is 4.79 Å². The first-order chi connectivity index (χ1) is 18.1. The molecule has 8 heteroatoms. The lowest BCUT2D eigenvalue weighted by Gasteiger charge is -2.21. The molecule has 8 nitrogen and oxygen atoms in total. The number of anilines is 1. The number of likely N-dealkylation sites (N-methyl/N-ethyl adjacent to an activating group) is 1. The Balaban J connectivity index is 1.11. The molecule has 4 aromatic rings. The number of hydrogen-bond acceptors (Lipinski definition) is 6. The second-order valence-electron chi connectivity index (χ2n) is 9.89. The van der Waals surface area contributed by atoms with Crippen LogP contribution < -0.4 is 5.32 Å². The van der Waals surface area contributed by atoms with Crippen LogP contribution in [0.2, 0.25) is 0 Å². The fraction of sp³-hybridized carbons (Fsp3) is 0.276. The Labute approximate surface area is 215 Å². The normalized spacial score (nSPS) is 15.5. The van der Waals surface area contributed by atoms with Crippen LogP contribution in [0, 0.1) is 5.92 Å². The summed E-state index contributed by atoms with van der Waals surface area (Å²) in [5.41, 5.74) is 7.79. The quantitative estimate of drug-likeness (QED) is 0.382. The second kappa shape index (κ2) is 10.1. The zero-order chi connectivity index (χ0) is 25.2. The summed E-state index contributed by atoms with van der Waals surface area (Å²) in [6.07, 6.45) is 13.7. The Morgan fingerprint density at radius 1 is 1.00 bits per heavy atom. The van der Waals surface area contributed by atoms with E-state index in [2.05, 4.69) is 73.7 Å². The van der Waals surface area contributed by atoms with E-state index in [9.17, 15) is 4.79 Å². The molecule has 1 N–H and O–H groups in total. The molecular formula is C29H29N7O. The molecule has 186 valence electrons. The number of aromatic nitrogens is 5. The van der Waals surface area contributed by atoms with Crippen LogP contribution >= 0.6 is 0 Å². The van der Waals surface area contributed by atoms with Gasteiger partial charge in [-0.3, -0.25) is 15.0 Å². The predicted molar refractivity (Wildman–Crippen MR) is 143 cm³/mol. The first-order valence-corrected chi connectivity index (χ1v) is 12.7. The number of allylic oxidation sites excluding steroid dienone is 3. The molecule has 0 bridgehead atoms. The Hall–Kier alpha value is -4.17. The molecule has 0 unspecified atom stereocenters. The maximum absolute atomic E-state index is 12.1. The highest BCUT2D eigenvalue weighted by molar-refractivity contribution is 5.92. The summed E-state index contributed by atoms with van der Waals surface area (Å²) >= 11 is 0. The highest BCUT2D eigenvalue weighted by atomic mass is 16.2. The van der Waals surface area contributed by atoms with Crippen LogP contribution in [0.15, 0.2) is 78.9 Å². The van der Waals surface area contributed by atoms with Crippen molar-refractivity contribution in [2.45, 2.75) is 32.2 Å². The third-order valence-electron chi connectivity index (χ3n) is 6.89. The lowest BCUT2D eigenvalue weighted by molar-refractivity contribution is -0.117. The summed E-state index contributed by atoms with van der Waals surface area (Å²) in [4.78, 5) is 27.2. The predicted octanol–water partition coefficient (Wildman–Crippen LogP) is 4.77. The van der Waals surface area contributed by atoms with Gasteiger partial charge in [0.25, 0.3) is 0 Å². The van der Waals surface area contributed by atoms with E-state index in [1.807, 2.05) is 30.6 Å². The van der Waals surface area contributed by atoms with E-state index >= 15 is 0 Å². The number of pyridine rings is 1. The zero-order valence-electron chi connectivity index (χ0n) is 20.8. The summed E-state index contributed by atoms with van der Waals surface area (Å²) in [5.74, 6) is 0.486. The molecule has 2 aliphatic carbocycles. The Morgan fingerprint density at radius 2 is 1.81 bits per heavy atom. The van der Waals surface area contributed by atoms with Crippen LogP contribution in [-0.4, -0.2) is 49.0 Å². The van der Waals surface area contributed by atoms with Crippen molar-refractivity contribution in [3.05, 3.63) is 90.0 Å². The number of carbonyl (C=O) groups excluding carboxylic acids is 1. The van der Waals surface area contributed by atoms with Crippen molar-refractivity contribution >= 4 is 23.1 Å². The summed E-state index contributed by atoms with van der Waals surface area (Å²) in [7, 11) is 2.16. The molecule has 1 fully saturated rings. The Morgan fingerprint density at radius 3 is 2.54 bits per heavy atom. The Bertz CT molecular complexity index is 1480. The molecule has 1 aromatic carbocycles. The molecule has 0 spiro atoms. The summed E-state index contributed by atoms with van der Waals surface area (Å²) < 4.78 is 1.79. The fourth-order valence-corrected chi connectivity index (χ4v) is 4.75. The molecule has 3 aromatic heterocycles. The van der Waals surface area contributed by atoms with Gasteiger partial charge in [0.15, 0.2) is 5.65 Å². The van der Waals surface area contributed by atoms with Crippen LogP contribution in [-0.2, 0) is 11.3 Å². The van der Waals surface area contributed by atoms with Gasteiger partial charge in [0, 0.05) is 42.5 Å². The first-order valence-electron chi connectivity index (χ1n) is 12.7. The van der Waals surface area contributed by atoms with E-state index < -0.39 is 0 Å². The van der Waals surface area contributed by atoms with Crippen LogP contribution in [0.4, 0.5) is 5.95 Å². The first kappa shape index (κ1) is 23.2. The molecule has 6 rings (SSSR count). The molecule has 2 aliphatic rings. The molecule has 3 heterocycles. The summed E-state index contributed by atoms with van der Waals surface area (Å²) in [6.45, 7) is 1.80. The lowest BCUT2D eigenvalue weighted by Crippen LogP contribution is -2.21. The van der Waals surface area contributed by atoms with E-state index in [0.29, 0.717) is 11.6 Å². The third-order valence-corrected chi connectivity index (χ3v) is 6.89. The number of rotatable bonds is 8. The smallest absolute Gasteiger partial charge is 0.249 e. The van der Waals surface area contributed by atoms with Crippen LogP contribution in [0.5, 0.6) is 0 Å². The number of amides is 1. The third kappa shape index (κ3) is 5.34. The van der Waals surface area contributed by atoms with E-state index in [-0.39, 0.29) is 11.8 Å². The molecule has 0 aliphatic heterocycles. The number of fused-ring (bicyclic) bond motifs is 1. The van der Waals surface area contributed by atoms with E-state index in [1.165, 1.54) is 16.7 Å². The summed E-state index contributed by atoms with van der Waals surface area (Å²) in [6, 6.07) is 14.5. The van der Waals surface area contributed by atoms with Crippen molar-refractivity contribution in [2.75, 3.05) is 18.9 Å². The molecule has 0 atom stereocenters. The minimum Gasteiger partial charge on any atom is -0.298 e. The Kier molecular flexibility index (Phi) is 6.32. The maximum atomic E-state index is 12.1. The van der Waals surface area contributed by atoms with Gasteiger partial charge in [-0.25, -0.2) is 14.5 Å². The fourth-order valence-electron chi connectivity index (χ4n) is 4.75. The van der Waals surface area contributed by atoms with Gasteiger partial charge in [-0.1, -0.05) is 48.1 Å². The average molecular weight is 492 g/mol. The molecule has 0 saturated heterocycles. The van der Waals surface area contributed by atoms with Gasteiger partial charge in [0.05, 0.1) is 5.69 Å². The topological polar surface area (TPSA) is 88.3 Å². The minimum atomic E-state index is 0.0113. The number of carbonyl (C=O) groups is 1. The van der Waals surface area contributed by atoms with Crippen molar-refractivity contribution in [2.24, 2.45) is 5.92 Å². The van der Waals surface area contributed by atoms with Crippen LogP contribution in [0.3, 0.4) is 0 Å². The number of nitrogens with zero attached hydrogens (tertiary/aromatic N) is 6. The van der Waals surface area contributed by atoms with Gasteiger partial charge in [0.1, 0.15) is 6.33 Å². The number of hydrogen-bond donors (Lipinski definition) is 1. The molecule has 0 radical (unpaired) electrons. The van der Waals surface area contributed by atoms with Gasteiger partial charge in [-0.2, -0.15) is 4.98 Å². The molecule has 1 saturated carbocycles. The van der Waals surface area contributed by atoms with E-state index in [0.717, 1.165) is 55.6 Å². The largest absolute Gasteiger partial charge is 0.298 e. The zero-order valence-corrected chi connectivity index (χ0v) is 20.8. The van der Waals surface area contributed by atoms with Gasteiger partial charge in [-0.15, -0.1) is 5.10 Å². The van der Waals surface area contributed by atoms with Gasteiger partial charge in [-0.05, 0) is 56.0 Å². The minimum absolute atomic E-state index is 0.0113. The van der Waals surface area contributed by atoms with Crippen LogP contribution in [0.25, 0.3) is 22.5 Å². The lowest BCUT2D eigenvalue weighted by atomic mass is 9.94. The van der Waals surface area contributed by atoms with Crippen molar-refractivity contribution in [3.63, 3.8) is 0 Å². The van der Waals surface area contributed by atoms with Gasteiger partial charge in [0.2, 0.25) is 11.9 Å². The average Bonchev–Trinajstić information content (AvgIpc) is 3.70. The monoisotopic (exact) mass is 491 g/mol. The molecule has 37 heavy (non-hydrogen) atoms. The SMILES string of the molecule is CN(CC1=CC=C(c2cncnc2)CC1)Cc1ccc(-c2cccc3nc(NC(=O)C4CC4)nn23)cc1. The van der Waals surface area contributed by atoms with Crippen molar-refractivity contribution in [1.82, 2.24) is 29.5 Å². The highest BCUT2D eigenvalue weighted by Gasteiger charge is 2.30.